The number of hydrogen-bond acceptors (Lipinski definition) is 1. The molecule has 0 spiro atoms. The largest absolute Gasteiger partial charge is 0.310 e. The Morgan fingerprint density at radius 3 is 1.55 bits per heavy atom. The molecule has 0 saturated heterocycles. The summed E-state index contributed by atoms with van der Waals surface area (Å²) in [6.45, 7) is 4.75. The molecule has 1 aromatic heterocycles. The van der Waals surface area contributed by atoms with Gasteiger partial charge in [-0.25, -0.2) is 0 Å². The third-order valence-electron chi connectivity index (χ3n) is 9.97. The number of para-hydroxylation sites is 2. The van der Waals surface area contributed by atoms with Gasteiger partial charge in [-0.2, -0.15) is 0 Å². The molecule has 1 aliphatic heterocycles. The quantitative estimate of drug-likeness (QED) is 0.190. The van der Waals surface area contributed by atoms with Gasteiger partial charge in [0.15, 0.2) is 0 Å². The van der Waals surface area contributed by atoms with E-state index in [1.54, 1.807) is 0 Å². The van der Waals surface area contributed by atoms with Gasteiger partial charge >= 0.3 is 0 Å². The predicted molar refractivity (Wildman–Crippen MR) is 198 cm³/mol. The second kappa shape index (κ2) is 10.6. The van der Waals surface area contributed by atoms with Crippen molar-refractivity contribution in [3.8, 4) is 27.9 Å². The molecule has 0 N–H and O–H groups in total. The van der Waals surface area contributed by atoms with Crippen molar-refractivity contribution in [2.45, 2.75) is 19.3 Å². The third kappa shape index (κ3) is 4.33. The van der Waals surface area contributed by atoms with Crippen LogP contribution in [0.4, 0.5) is 17.1 Å². The molecule has 47 heavy (non-hydrogen) atoms. The number of nitrogens with zero attached hydrogens (tertiary/aromatic N) is 2. The Kier molecular flexibility index (Phi) is 6.20. The van der Waals surface area contributed by atoms with Gasteiger partial charge in [-0.05, 0) is 81.9 Å². The van der Waals surface area contributed by atoms with Gasteiger partial charge in [0.2, 0.25) is 0 Å². The molecular weight excluding hydrogens is 569 g/mol. The van der Waals surface area contributed by atoms with Crippen LogP contribution in [0.2, 0.25) is 0 Å². The average Bonchev–Trinajstić information content (AvgIpc) is 3.47. The normalized spacial score (nSPS) is 13.1. The Balaban J connectivity index is 1.28. The van der Waals surface area contributed by atoms with E-state index < -0.39 is 0 Å². The van der Waals surface area contributed by atoms with E-state index in [4.69, 9.17) is 0 Å². The van der Waals surface area contributed by atoms with E-state index in [1.165, 1.54) is 60.9 Å². The summed E-state index contributed by atoms with van der Waals surface area (Å²) in [5.74, 6) is 0. The second-order valence-electron chi connectivity index (χ2n) is 13.0. The van der Waals surface area contributed by atoms with Crippen molar-refractivity contribution >= 4 is 38.9 Å². The van der Waals surface area contributed by atoms with E-state index in [2.05, 4.69) is 193 Å². The number of anilines is 3. The minimum atomic E-state index is -0.185. The second-order valence-corrected chi connectivity index (χ2v) is 13.0. The summed E-state index contributed by atoms with van der Waals surface area (Å²) in [6, 6.07) is 61.8. The molecule has 0 atom stereocenters. The van der Waals surface area contributed by atoms with E-state index >= 15 is 0 Å². The van der Waals surface area contributed by atoms with Crippen molar-refractivity contribution in [3.63, 3.8) is 0 Å². The SMILES string of the molecule is CC1(C)c2ccccc2-n2c3ccccc3c3cc(N(c4ccc(-c5ccccc5)cc4)c4ccc(-c5ccccc5)cc4)cc1c32. The molecule has 2 heterocycles. The van der Waals surface area contributed by atoms with Gasteiger partial charge in [0, 0.05) is 33.2 Å². The van der Waals surface area contributed by atoms with Gasteiger partial charge in [0.05, 0.1) is 16.7 Å². The lowest BCUT2D eigenvalue weighted by Gasteiger charge is -2.36. The number of hydrogen-bond donors (Lipinski definition) is 0. The first-order chi connectivity index (χ1) is 23.1. The molecule has 7 aromatic carbocycles. The third-order valence-corrected chi connectivity index (χ3v) is 9.97. The molecule has 0 bridgehead atoms. The van der Waals surface area contributed by atoms with Crippen molar-refractivity contribution in [1.82, 2.24) is 4.57 Å². The molecule has 2 heteroatoms. The molecular formula is C45H34N2. The van der Waals surface area contributed by atoms with E-state index in [9.17, 15) is 0 Å². The fourth-order valence-electron chi connectivity index (χ4n) is 7.59. The van der Waals surface area contributed by atoms with Crippen LogP contribution >= 0.6 is 0 Å². The molecule has 9 rings (SSSR count). The summed E-state index contributed by atoms with van der Waals surface area (Å²) in [5.41, 5.74) is 14.6. The van der Waals surface area contributed by atoms with Gasteiger partial charge in [-0.3, -0.25) is 0 Å². The highest BCUT2D eigenvalue weighted by molar-refractivity contribution is 6.13. The Morgan fingerprint density at radius 2 is 0.936 bits per heavy atom. The van der Waals surface area contributed by atoms with Gasteiger partial charge in [-0.1, -0.05) is 135 Å². The van der Waals surface area contributed by atoms with Crippen LogP contribution in [0.5, 0.6) is 0 Å². The lowest BCUT2D eigenvalue weighted by molar-refractivity contribution is 0.630. The van der Waals surface area contributed by atoms with Crippen LogP contribution in [0.3, 0.4) is 0 Å². The first-order valence-corrected chi connectivity index (χ1v) is 16.4. The molecule has 224 valence electrons. The van der Waals surface area contributed by atoms with Crippen molar-refractivity contribution in [1.29, 1.82) is 0 Å². The first kappa shape index (κ1) is 27.5. The number of fused-ring (bicyclic) bond motifs is 5. The summed E-state index contributed by atoms with van der Waals surface area (Å²) in [7, 11) is 0. The number of aromatic nitrogens is 1. The number of benzene rings is 7. The molecule has 1 aliphatic rings. The van der Waals surface area contributed by atoms with Crippen molar-refractivity contribution in [2.24, 2.45) is 0 Å². The highest BCUT2D eigenvalue weighted by atomic mass is 15.1. The molecule has 0 radical (unpaired) electrons. The highest BCUT2D eigenvalue weighted by Gasteiger charge is 2.36. The van der Waals surface area contributed by atoms with Gasteiger partial charge < -0.3 is 9.47 Å². The molecule has 0 saturated carbocycles. The van der Waals surface area contributed by atoms with Crippen molar-refractivity contribution in [2.75, 3.05) is 4.90 Å². The Hall–Kier alpha value is -5.86. The van der Waals surface area contributed by atoms with Crippen LogP contribution in [0, 0.1) is 0 Å². The Bertz CT molecular complexity index is 2320. The first-order valence-electron chi connectivity index (χ1n) is 16.4. The van der Waals surface area contributed by atoms with Crippen molar-refractivity contribution < 1.29 is 0 Å². The van der Waals surface area contributed by atoms with Crippen molar-refractivity contribution in [3.05, 3.63) is 181 Å². The zero-order valence-corrected chi connectivity index (χ0v) is 26.6. The van der Waals surface area contributed by atoms with E-state index in [-0.39, 0.29) is 5.41 Å². The van der Waals surface area contributed by atoms with Crippen LogP contribution in [0.25, 0.3) is 49.7 Å². The number of rotatable bonds is 5. The summed E-state index contributed by atoms with van der Waals surface area (Å²) < 4.78 is 2.48. The van der Waals surface area contributed by atoms with E-state index in [1.807, 2.05) is 0 Å². The van der Waals surface area contributed by atoms with Gasteiger partial charge in [0.25, 0.3) is 0 Å². The molecule has 0 amide bonds. The monoisotopic (exact) mass is 602 g/mol. The molecule has 0 unspecified atom stereocenters. The minimum Gasteiger partial charge on any atom is -0.310 e. The average molecular weight is 603 g/mol. The lowest BCUT2D eigenvalue weighted by Crippen LogP contribution is -2.26. The van der Waals surface area contributed by atoms with E-state index in [0.717, 1.165) is 17.1 Å². The maximum Gasteiger partial charge on any atom is 0.0583 e. The standard InChI is InChI=1S/C45H34N2/c1-45(2)40-18-10-12-20-43(40)47-42-19-11-9-17-38(42)39-29-37(30-41(45)44(39)47)46(35-25-21-33(22-26-35)31-13-5-3-6-14-31)36-27-23-34(24-28-36)32-15-7-4-8-16-32/h3-30H,1-2H3. The molecule has 8 aromatic rings. The summed E-state index contributed by atoms with van der Waals surface area (Å²) in [4.78, 5) is 2.42. The Morgan fingerprint density at radius 1 is 0.426 bits per heavy atom. The summed E-state index contributed by atoms with van der Waals surface area (Å²) >= 11 is 0. The highest BCUT2D eigenvalue weighted by Crippen LogP contribution is 2.50. The van der Waals surface area contributed by atoms with E-state index in [0.29, 0.717) is 0 Å². The van der Waals surface area contributed by atoms with Crippen LogP contribution in [0.1, 0.15) is 25.0 Å². The molecule has 0 aliphatic carbocycles. The zero-order valence-electron chi connectivity index (χ0n) is 26.6. The lowest BCUT2D eigenvalue weighted by atomic mass is 9.74. The molecule has 2 nitrogen and oxygen atoms in total. The van der Waals surface area contributed by atoms with Crippen LogP contribution < -0.4 is 4.90 Å². The summed E-state index contributed by atoms with van der Waals surface area (Å²) in [6.07, 6.45) is 0. The minimum absolute atomic E-state index is 0.185. The van der Waals surface area contributed by atoms with Crippen LogP contribution in [-0.4, -0.2) is 4.57 Å². The summed E-state index contributed by atoms with van der Waals surface area (Å²) in [5, 5.41) is 2.55. The smallest absolute Gasteiger partial charge is 0.0583 e. The van der Waals surface area contributed by atoms with Gasteiger partial charge in [0.1, 0.15) is 0 Å². The zero-order chi connectivity index (χ0) is 31.5. The predicted octanol–water partition coefficient (Wildman–Crippen LogP) is 12.2. The molecule has 0 fully saturated rings. The van der Waals surface area contributed by atoms with Gasteiger partial charge in [-0.15, -0.1) is 0 Å². The fraction of sp³-hybridized carbons (Fsp3) is 0.0667. The maximum atomic E-state index is 2.48. The maximum absolute atomic E-state index is 2.48. The van der Waals surface area contributed by atoms with Crippen LogP contribution in [0.15, 0.2) is 170 Å². The topological polar surface area (TPSA) is 8.17 Å². The van der Waals surface area contributed by atoms with Crippen LogP contribution in [-0.2, 0) is 5.41 Å². The Labute approximate surface area is 275 Å². The fourth-order valence-corrected chi connectivity index (χ4v) is 7.59.